The Balaban J connectivity index is 2.28. The highest BCUT2D eigenvalue weighted by Crippen LogP contribution is 2.17. The molecule has 1 aromatic rings. The molecule has 1 unspecified atom stereocenters. The molecule has 0 aliphatic carbocycles. The lowest BCUT2D eigenvalue weighted by Crippen LogP contribution is -2.29. The normalized spacial score (nSPS) is 13.1. The standard InChI is InChI=1S/C14H23NS/c1-11(2)15-9-13(4)16-10-14-7-5-6-12(3)8-14/h5-8,11,13,15H,9-10H2,1-4H3. The lowest BCUT2D eigenvalue weighted by atomic mass is 10.2. The number of nitrogens with one attached hydrogen (secondary N) is 1. The van der Waals surface area contributed by atoms with E-state index in [-0.39, 0.29) is 0 Å². The molecule has 1 N–H and O–H groups in total. The van der Waals surface area contributed by atoms with Gasteiger partial charge < -0.3 is 5.32 Å². The maximum absolute atomic E-state index is 3.47. The summed E-state index contributed by atoms with van der Waals surface area (Å²) in [6.45, 7) is 9.91. The molecular weight excluding hydrogens is 214 g/mol. The SMILES string of the molecule is Cc1cccc(CSC(C)CNC(C)C)c1. The highest BCUT2D eigenvalue weighted by molar-refractivity contribution is 7.99. The van der Waals surface area contributed by atoms with Gasteiger partial charge in [-0.3, -0.25) is 0 Å². The third-order valence-corrected chi connectivity index (χ3v) is 3.67. The highest BCUT2D eigenvalue weighted by atomic mass is 32.2. The molecular formula is C14H23NS. The van der Waals surface area contributed by atoms with Crippen molar-refractivity contribution < 1.29 is 0 Å². The number of benzene rings is 1. The first-order chi connectivity index (χ1) is 7.58. The summed E-state index contributed by atoms with van der Waals surface area (Å²) in [4.78, 5) is 0. The predicted octanol–water partition coefficient (Wildman–Crippen LogP) is 3.61. The summed E-state index contributed by atoms with van der Waals surface area (Å²) in [7, 11) is 0. The fraction of sp³-hybridized carbons (Fsp3) is 0.571. The van der Waals surface area contributed by atoms with Gasteiger partial charge in [0.1, 0.15) is 0 Å². The first-order valence-electron chi connectivity index (χ1n) is 5.98. The van der Waals surface area contributed by atoms with Crippen molar-refractivity contribution in [1.29, 1.82) is 0 Å². The van der Waals surface area contributed by atoms with Crippen LogP contribution in [0, 0.1) is 6.92 Å². The molecule has 1 nitrogen and oxygen atoms in total. The van der Waals surface area contributed by atoms with E-state index >= 15 is 0 Å². The van der Waals surface area contributed by atoms with E-state index in [0.29, 0.717) is 11.3 Å². The van der Waals surface area contributed by atoms with Crippen LogP contribution >= 0.6 is 11.8 Å². The molecule has 16 heavy (non-hydrogen) atoms. The summed E-state index contributed by atoms with van der Waals surface area (Å²) in [5.41, 5.74) is 2.78. The molecule has 0 aliphatic rings. The van der Waals surface area contributed by atoms with E-state index in [1.807, 2.05) is 11.8 Å². The minimum absolute atomic E-state index is 0.585. The number of hydrogen-bond acceptors (Lipinski definition) is 2. The van der Waals surface area contributed by atoms with Gasteiger partial charge in [-0.1, -0.05) is 50.6 Å². The molecule has 0 aliphatic heterocycles. The Morgan fingerprint density at radius 3 is 2.62 bits per heavy atom. The van der Waals surface area contributed by atoms with Gasteiger partial charge >= 0.3 is 0 Å². The average Bonchev–Trinajstić information content (AvgIpc) is 2.23. The lowest BCUT2D eigenvalue weighted by Gasteiger charge is -2.14. The van der Waals surface area contributed by atoms with Crippen LogP contribution in [-0.2, 0) is 5.75 Å². The van der Waals surface area contributed by atoms with Gasteiger partial charge in [0.25, 0.3) is 0 Å². The number of thioether (sulfide) groups is 1. The Morgan fingerprint density at radius 2 is 2.00 bits per heavy atom. The van der Waals surface area contributed by atoms with Gasteiger partial charge in [0, 0.05) is 23.6 Å². The van der Waals surface area contributed by atoms with Crippen LogP contribution in [0.4, 0.5) is 0 Å². The summed E-state index contributed by atoms with van der Waals surface area (Å²) in [5.74, 6) is 1.11. The van der Waals surface area contributed by atoms with Gasteiger partial charge in [-0.2, -0.15) is 11.8 Å². The Bertz CT molecular complexity index is 309. The summed E-state index contributed by atoms with van der Waals surface area (Å²) < 4.78 is 0. The minimum atomic E-state index is 0.585. The molecule has 90 valence electrons. The monoisotopic (exact) mass is 237 g/mol. The van der Waals surface area contributed by atoms with Crippen molar-refractivity contribution in [3.63, 3.8) is 0 Å². The molecule has 0 bridgehead atoms. The third-order valence-electron chi connectivity index (χ3n) is 2.43. The van der Waals surface area contributed by atoms with Crippen molar-refractivity contribution in [2.75, 3.05) is 6.54 Å². The molecule has 0 saturated carbocycles. The molecule has 0 heterocycles. The molecule has 0 spiro atoms. The Kier molecular flexibility index (Phi) is 5.93. The molecule has 1 rings (SSSR count). The van der Waals surface area contributed by atoms with Crippen molar-refractivity contribution >= 4 is 11.8 Å². The van der Waals surface area contributed by atoms with Gasteiger partial charge in [0.2, 0.25) is 0 Å². The minimum Gasteiger partial charge on any atom is -0.313 e. The van der Waals surface area contributed by atoms with E-state index in [1.54, 1.807) is 0 Å². The first kappa shape index (κ1) is 13.6. The van der Waals surface area contributed by atoms with E-state index in [1.165, 1.54) is 11.1 Å². The van der Waals surface area contributed by atoms with E-state index in [4.69, 9.17) is 0 Å². The molecule has 0 fully saturated rings. The van der Waals surface area contributed by atoms with Crippen LogP contribution < -0.4 is 5.32 Å². The maximum atomic E-state index is 3.47. The van der Waals surface area contributed by atoms with Crippen LogP contribution in [0.15, 0.2) is 24.3 Å². The van der Waals surface area contributed by atoms with Crippen LogP contribution in [0.3, 0.4) is 0 Å². The van der Waals surface area contributed by atoms with Crippen LogP contribution in [-0.4, -0.2) is 17.8 Å². The van der Waals surface area contributed by atoms with Crippen LogP contribution in [0.1, 0.15) is 31.9 Å². The van der Waals surface area contributed by atoms with E-state index < -0.39 is 0 Å². The number of aryl methyl sites for hydroxylation is 1. The molecule has 2 heteroatoms. The molecule has 1 atom stereocenters. The topological polar surface area (TPSA) is 12.0 Å². The molecule has 0 aromatic heterocycles. The summed E-state index contributed by atoms with van der Waals surface area (Å²) in [6.07, 6.45) is 0. The Morgan fingerprint density at radius 1 is 1.25 bits per heavy atom. The van der Waals surface area contributed by atoms with Crippen LogP contribution in [0.2, 0.25) is 0 Å². The molecule has 0 amide bonds. The number of rotatable bonds is 6. The quantitative estimate of drug-likeness (QED) is 0.811. The largest absolute Gasteiger partial charge is 0.313 e. The Hall–Kier alpha value is -0.470. The zero-order chi connectivity index (χ0) is 12.0. The van der Waals surface area contributed by atoms with E-state index in [9.17, 15) is 0 Å². The molecule has 0 saturated heterocycles. The summed E-state index contributed by atoms with van der Waals surface area (Å²) >= 11 is 2.02. The van der Waals surface area contributed by atoms with Crippen LogP contribution in [0.25, 0.3) is 0 Å². The van der Waals surface area contributed by atoms with Gasteiger partial charge in [-0.15, -0.1) is 0 Å². The second-order valence-electron chi connectivity index (χ2n) is 4.67. The van der Waals surface area contributed by atoms with Gasteiger partial charge in [0.05, 0.1) is 0 Å². The van der Waals surface area contributed by atoms with Crippen LogP contribution in [0.5, 0.6) is 0 Å². The second kappa shape index (κ2) is 6.97. The van der Waals surface area contributed by atoms with Crippen molar-refractivity contribution in [1.82, 2.24) is 5.32 Å². The predicted molar refractivity (Wildman–Crippen MR) is 75.1 cm³/mol. The summed E-state index contributed by atoms with van der Waals surface area (Å²) in [6, 6.07) is 9.36. The van der Waals surface area contributed by atoms with Crippen molar-refractivity contribution in [3.05, 3.63) is 35.4 Å². The van der Waals surface area contributed by atoms with Crippen molar-refractivity contribution in [2.45, 2.75) is 44.7 Å². The molecule has 1 aromatic carbocycles. The fourth-order valence-corrected chi connectivity index (χ4v) is 2.37. The van der Waals surface area contributed by atoms with E-state index in [2.05, 4.69) is 57.3 Å². The fourth-order valence-electron chi connectivity index (χ4n) is 1.50. The van der Waals surface area contributed by atoms with Crippen molar-refractivity contribution in [2.24, 2.45) is 0 Å². The summed E-state index contributed by atoms with van der Waals surface area (Å²) in [5, 5.41) is 4.14. The highest BCUT2D eigenvalue weighted by Gasteiger charge is 2.03. The Labute approximate surface area is 104 Å². The van der Waals surface area contributed by atoms with Crippen molar-refractivity contribution in [3.8, 4) is 0 Å². The third kappa shape index (κ3) is 5.57. The first-order valence-corrected chi connectivity index (χ1v) is 7.03. The average molecular weight is 237 g/mol. The van der Waals surface area contributed by atoms with Gasteiger partial charge in [-0.25, -0.2) is 0 Å². The lowest BCUT2D eigenvalue weighted by molar-refractivity contribution is 0.589. The van der Waals surface area contributed by atoms with E-state index in [0.717, 1.165) is 12.3 Å². The molecule has 0 radical (unpaired) electrons. The number of hydrogen-bond donors (Lipinski definition) is 1. The van der Waals surface area contributed by atoms with Gasteiger partial charge in [0.15, 0.2) is 0 Å². The van der Waals surface area contributed by atoms with Gasteiger partial charge in [-0.05, 0) is 12.5 Å². The smallest absolute Gasteiger partial charge is 0.0187 e. The zero-order valence-electron chi connectivity index (χ0n) is 10.8. The zero-order valence-corrected chi connectivity index (χ0v) is 11.6. The second-order valence-corrected chi connectivity index (χ2v) is 6.10. The maximum Gasteiger partial charge on any atom is 0.0187 e.